The second-order valence-corrected chi connectivity index (χ2v) is 5.26. The first kappa shape index (κ1) is 15.0. The molecule has 1 aliphatic rings. The van der Waals surface area contributed by atoms with Crippen LogP contribution in [0, 0.1) is 11.8 Å². The van der Waals surface area contributed by atoms with Gasteiger partial charge in [0, 0.05) is 38.0 Å². The zero-order chi connectivity index (χ0) is 13.7. The molecular weight excluding hydrogens is 228 g/mol. The molecule has 0 spiro atoms. The summed E-state index contributed by atoms with van der Waals surface area (Å²) in [7, 11) is 0. The number of rotatable bonds is 4. The van der Waals surface area contributed by atoms with E-state index in [2.05, 4.69) is 0 Å². The van der Waals surface area contributed by atoms with E-state index in [1.165, 1.54) is 0 Å². The van der Waals surface area contributed by atoms with Crippen LogP contribution in [0.2, 0.25) is 0 Å². The van der Waals surface area contributed by atoms with Gasteiger partial charge in [0.2, 0.25) is 11.8 Å². The molecule has 0 aromatic carbocycles. The van der Waals surface area contributed by atoms with E-state index < -0.39 is 0 Å². The SMILES string of the molecule is CCN(CC)C(=O)C1CCN(C(=O)C(C)C)CC1. The van der Waals surface area contributed by atoms with E-state index >= 15 is 0 Å². The van der Waals surface area contributed by atoms with Crippen LogP contribution in [0.15, 0.2) is 0 Å². The second-order valence-electron chi connectivity index (χ2n) is 5.26. The average molecular weight is 254 g/mol. The van der Waals surface area contributed by atoms with Crippen LogP contribution >= 0.6 is 0 Å². The van der Waals surface area contributed by atoms with Gasteiger partial charge in [-0.3, -0.25) is 9.59 Å². The highest BCUT2D eigenvalue weighted by Crippen LogP contribution is 2.20. The Balaban J connectivity index is 2.49. The number of nitrogens with zero attached hydrogens (tertiary/aromatic N) is 2. The minimum atomic E-state index is 0.0556. The van der Waals surface area contributed by atoms with Crippen LogP contribution in [0.5, 0.6) is 0 Å². The molecule has 18 heavy (non-hydrogen) atoms. The van der Waals surface area contributed by atoms with E-state index in [0.717, 1.165) is 39.0 Å². The van der Waals surface area contributed by atoms with Crippen molar-refractivity contribution < 1.29 is 9.59 Å². The highest BCUT2D eigenvalue weighted by atomic mass is 16.2. The first-order chi connectivity index (χ1) is 8.51. The van der Waals surface area contributed by atoms with Gasteiger partial charge in [0.1, 0.15) is 0 Å². The molecule has 0 saturated carbocycles. The molecule has 1 fully saturated rings. The number of amides is 2. The lowest BCUT2D eigenvalue weighted by Gasteiger charge is -2.34. The molecular formula is C14H26N2O2. The van der Waals surface area contributed by atoms with Crippen molar-refractivity contribution in [3.63, 3.8) is 0 Å². The largest absolute Gasteiger partial charge is 0.343 e. The Morgan fingerprint density at radius 1 is 1.17 bits per heavy atom. The van der Waals surface area contributed by atoms with Gasteiger partial charge in [0.25, 0.3) is 0 Å². The molecule has 0 aromatic heterocycles. The monoisotopic (exact) mass is 254 g/mol. The highest BCUT2D eigenvalue weighted by Gasteiger charge is 2.29. The lowest BCUT2D eigenvalue weighted by atomic mass is 9.94. The van der Waals surface area contributed by atoms with Crippen molar-refractivity contribution in [3.05, 3.63) is 0 Å². The molecule has 4 nitrogen and oxygen atoms in total. The van der Waals surface area contributed by atoms with Gasteiger partial charge in [0.05, 0.1) is 0 Å². The van der Waals surface area contributed by atoms with Crippen LogP contribution in [0.1, 0.15) is 40.5 Å². The van der Waals surface area contributed by atoms with Gasteiger partial charge in [-0.25, -0.2) is 0 Å². The molecule has 2 amide bonds. The maximum Gasteiger partial charge on any atom is 0.225 e. The third-order valence-corrected chi connectivity index (χ3v) is 3.72. The number of likely N-dealkylation sites (tertiary alicyclic amines) is 1. The number of carbonyl (C=O) groups is 2. The van der Waals surface area contributed by atoms with Gasteiger partial charge in [-0.05, 0) is 26.7 Å². The van der Waals surface area contributed by atoms with Crippen molar-refractivity contribution in [1.29, 1.82) is 0 Å². The topological polar surface area (TPSA) is 40.6 Å². The molecule has 4 heteroatoms. The van der Waals surface area contributed by atoms with E-state index in [1.807, 2.05) is 37.5 Å². The molecule has 104 valence electrons. The Morgan fingerprint density at radius 2 is 1.67 bits per heavy atom. The van der Waals surface area contributed by atoms with E-state index in [1.54, 1.807) is 0 Å². The van der Waals surface area contributed by atoms with Crippen molar-refractivity contribution in [2.24, 2.45) is 11.8 Å². The van der Waals surface area contributed by atoms with Gasteiger partial charge in [0.15, 0.2) is 0 Å². The maximum atomic E-state index is 12.2. The fourth-order valence-electron chi connectivity index (χ4n) is 2.51. The van der Waals surface area contributed by atoms with E-state index in [0.29, 0.717) is 0 Å². The zero-order valence-corrected chi connectivity index (χ0v) is 12.1. The summed E-state index contributed by atoms with van der Waals surface area (Å²) < 4.78 is 0. The standard InChI is InChI=1S/C14H26N2O2/c1-5-15(6-2)14(18)12-7-9-16(10-8-12)13(17)11(3)4/h11-12H,5-10H2,1-4H3. The van der Waals surface area contributed by atoms with Gasteiger partial charge in [-0.2, -0.15) is 0 Å². The lowest BCUT2D eigenvalue weighted by Crippen LogP contribution is -2.45. The lowest BCUT2D eigenvalue weighted by molar-refractivity contribution is -0.141. The van der Waals surface area contributed by atoms with Gasteiger partial charge >= 0.3 is 0 Å². The molecule has 1 rings (SSSR count). The first-order valence-corrected chi connectivity index (χ1v) is 7.08. The van der Waals surface area contributed by atoms with E-state index in [9.17, 15) is 9.59 Å². The zero-order valence-electron chi connectivity index (χ0n) is 12.1. The molecule has 0 radical (unpaired) electrons. The summed E-state index contributed by atoms with van der Waals surface area (Å²) in [5.41, 5.74) is 0. The van der Waals surface area contributed by atoms with Gasteiger partial charge in [-0.15, -0.1) is 0 Å². The quantitative estimate of drug-likeness (QED) is 0.767. The Hall–Kier alpha value is -1.06. The summed E-state index contributed by atoms with van der Waals surface area (Å²) in [6.45, 7) is 10.9. The molecule has 1 heterocycles. The second kappa shape index (κ2) is 6.76. The van der Waals surface area contributed by atoms with Crippen LogP contribution < -0.4 is 0 Å². The summed E-state index contributed by atoms with van der Waals surface area (Å²) in [6.07, 6.45) is 1.63. The normalized spacial score (nSPS) is 17.1. The van der Waals surface area contributed by atoms with Gasteiger partial charge in [-0.1, -0.05) is 13.8 Å². The van der Waals surface area contributed by atoms with Crippen LogP contribution in [-0.4, -0.2) is 47.8 Å². The molecule has 0 N–H and O–H groups in total. The summed E-state index contributed by atoms with van der Waals surface area (Å²) in [5.74, 6) is 0.640. The number of hydrogen-bond acceptors (Lipinski definition) is 2. The summed E-state index contributed by atoms with van der Waals surface area (Å²) in [5, 5.41) is 0. The van der Waals surface area contributed by atoms with Crippen LogP contribution in [0.25, 0.3) is 0 Å². The molecule has 0 aromatic rings. The average Bonchev–Trinajstić information content (AvgIpc) is 2.39. The highest BCUT2D eigenvalue weighted by molar-refractivity contribution is 5.80. The Kier molecular flexibility index (Phi) is 5.63. The summed E-state index contributed by atoms with van der Waals surface area (Å²) in [6, 6.07) is 0. The van der Waals surface area contributed by atoms with Crippen LogP contribution in [0.4, 0.5) is 0 Å². The molecule has 0 aliphatic carbocycles. The molecule has 1 aliphatic heterocycles. The number of piperidine rings is 1. The Labute approximate surface area is 110 Å². The number of carbonyl (C=O) groups excluding carboxylic acids is 2. The predicted molar refractivity (Wildman–Crippen MR) is 72.1 cm³/mol. The third-order valence-electron chi connectivity index (χ3n) is 3.72. The van der Waals surface area contributed by atoms with Crippen molar-refractivity contribution in [3.8, 4) is 0 Å². The van der Waals surface area contributed by atoms with Crippen molar-refractivity contribution in [1.82, 2.24) is 9.80 Å². The Bertz CT molecular complexity index is 290. The smallest absolute Gasteiger partial charge is 0.225 e. The van der Waals surface area contributed by atoms with Crippen molar-refractivity contribution in [2.45, 2.75) is 40.5 Å². The predicted octanol–water partition coefficient (Wildman–Crippen LogP) is 1.75. The molecule has 1 saturated heterocycles. The fourth-order valence-corrected chi connectivity index (χ4v) is 2.51. The van der Waals surface area contributed by atoms with E-state index in [4.69, 9.17) is 0 Å². The summed E-state index contributed by atoms with van der Waals surface area (Å²) in [4.78, 5) is 27.8. The van der Waals surface area contributed by atoms with Gasteiger partial charge < -0.3 is 9.80 Å². The van der Waals surface area contributed by atoms with Crippen molar-refractivity contribution in [2.75, 3.05) is 26.2 Å². The van der Waals surface area contributed by atoms with Crippen LogP contribution in [-0.2, 0) is 9.59 Å². The maximum absolute atomic E-state index is 12.2. The number of hydrogen-bond donors (Lipinski definition) is 0. The van der Waals surface area contributed by atoms with Crippen molar-refractivity contribution >= 4 is 11.8 Å². The molecule has 0 unspecified atom stereocenters. The third kappa shape index (κ3) is 3.47. The Morgan fingerprint density at radius 3 is 2.06 bits per heavy atom. The fraction of sp³-hybridized carbons (Fsp3) is 0.857. The van der Waals surface area contributed by atoms with Crippen LogP contribution in [0.3, 0.4) is 0 Å². The molecule has 0 atom stereocenters. The summed E-state index contributed by atoms with van der Waals surface area (Å²) >= 11 is 0. The van der Waals surface area contributed by atoms with E-state index in [-0.39, 0.29) is 23.7 Å². The minimum Gasteiger partial charge on any atom is -0.343 e. The minimum absolute atomic E-state index is 0.0556. The first-order valence-electron chi connectivity index (χ1n) is 7.08. The molecule has 0 bridgehead atoms.